The average molecular weight is 227 g/mol. The molecular formula is C12H25N3O. The minimum atomic E-state index is 0.000486. The highest BCUT2D eigenvalue weighted by Crippen LogP contribution is 2.20. The van der Waals surface area contributed by atoms with Crippen LogP contribution in [0.4, 0.5) is 0 Å². The first-order chi connectivity index (χ1) is 7.69. The number of amides is 1. The van der Waals surface area contributed by atoms with Gasteiger partial charge in [0.05, 0.1) is 6.04 Å². The van der Waals surface area contributed by atoms with Gasteiger partial charge in [0.25, 0.3) is 0 Å². The number of carbonyl (C=O) groups excluding carboxylic acids is 1. The lowest BCUT2D eigenvalue weighted by molar-refractivity contribution is -0.126. The second-order valence-corrected chi connectivity index (χ2v) is 4.65. The molecule has 1 amide bonds. The van der Waals surface area contributed by atoms with Gasteiger partial charge in [0.15, 0.2) is 0 Å². The van der Waals surface area contributed by atoms with Crippen LogP contribution in [0.25, 0.3) is 0 Å². The third-order valence-corrected chi connectivity index (χ3v) is 3.40. The smallest absolute Gasteiger partial charge is 0.237 e. The van der Waals surface area contributed by atoms with Crippen molar-refractivity contribution in [2.45, 2.75) is 39.2 Å². The first-order valence-corrected chi connectivity index (χ1v) is 6.40. The first kappa shape index (κ1) is 13.5. The molecule has 0 aromatic rings. The maximum Gasteiger partial charge on any atom is 0.237 e. The van der Waals surface area contributed by atoms with E-state index in [2.05, 4.69) is 10.2 Å². The molecule has 1 aliphatic heterocycles. The second kappa shape index (κ2) is 6.86. The Bertz CT molecular complexity index is 218. The van der Waals surface area contributed by atoms with E-state index in [9.17, 15) is 4.79 Å². The number of hydrogen-bond donors (Lipinski definition) is 2. The number of nitrogens with zero attached hydrogens (tertiary/aromatic N) is 1. The summed E-state index contributed by atoms with van der Waals surface area (Å²) in [5.41, 5.74) is 5.59. The number of likely N-dealkylation sites (N-methyl/N-ethyl adjacent to an activating group) is 1. The van der Waals surface area contributed by atoms with Crippen LogP contribution in [0, 0.1) is 5.92 Å². The van der Waals surface area contributed by atoms with E-state index in [-0.39, 0.29) is 11.9 Å². The van der Waals surface area contributed by atoms with E-state index in [0.29, 0.717) is 12.5 Å². The zero-order valence-electron chi connectivity index (χ0n) is 10.5. The molecule has 2 unspecified atom stereocenters. The summed E-state index contributed by atoms with van der Waals surface area (Å²) in [5, 5.41) is 2.88. The number of hydrogen-bond acceptors (Lipinski definition) is 3. The number of nitrogens with two attached hydrogens (primary N) is 1. The molecule has 0 aromatic carbocycles. The van der Waals surface area contributed by atoms with Gasteiger partial charge in [-0.3, -0.25) is 9.69 Å². The quantitative estimate of drug-likeness (QED) is 0.722. The molecule has 4 nitrogen and oxygen atoms in total. The lowest BCUT2D eigenvalue weighted by atomic mass is 9.94. The molecule has 0 aromatic heterocycles. The lowest BCUT2D eigenvalue weighted by Gasteiger charge is -2.36. The minimum absolute atomic E-state index is 0.000486. The SMILES string of the molecule is CCNC(=O)C(C)N1CCCC(CCN)C1. The van der Waals surface area contributed by atoms with Gasteiger partial charge in [0, 0.05) is 13.1 Å². The van der Waals surface area contributed by atoms with Crippen LogP contribution in [0.3, 0.4) is 0 Å². The third-order valence-electron chi connectivity index (χ3n) is 3.40. The van der Waals surface area contributed by atoms with Crippen LogP contribution in [0.15, 0.2) is 0 Å². The molecule has 3 N–H and O–H groups in total. The Morgan fingerprint density at radius 1 is 1.62 bits per heavy atom. The van der Waals surface area contributed by atoms with E-state index in [1.165, 1.54) is 12.8 Å². The largest absolute Gasteiger partial charge is 0.355 e. The van der Waals surface area contributed by atoms with E-state index in [4.69, 9.17) is 5.73 Å². The molecule has 0 radical (unpaired) electrons. The number of carbonyl (C=O) groups is 1. The summed E-state index contributed by atoms with van der Waals surface area (Å²) in [5.74, 6) is 0.825. The number of piperidine rings is 1. The Morgan fingerprint density at radius 2 is 2.38 bits per heavy atom. The molecule has 4 heteroatoms. The Labute approximate surface area is 98.6 Å². The zero-order valence-corrected chi connectivity index (χ0v) is 10.5. The van der Waals surface area contributed by atoms with Gasteiger partial charge in [-0.1, -0.05) is 0 Å². The fraction of sp³-hybridized carbons (Fsp3) is 0.917. The summed E-state index contributed by atoms with van der Waals surface area (Å²) in [7, 11) is 0. The molecule has 0 aliphatic carbocycles. The number of nitrogens with one attached hydrogen (secondary N) is 1. The summed E-state index contributed by atoms with van der Waals surface area (Å²) in [6, 6.07) is 0.000486. The lowest BCUT2D eigenvalue weighted by Crippen LogP contribution is -2.49. The van der Waals surface area contributed by atoms with Gasteiger partial charge in [0.1, 0.15) is 0 Å². The van der Waals surface area contributed by atoms with Crippen molar-refractivity contribution < 1.29 is 4.79 Å². The van der Waals surface area contributed by atoms with Gasteiger partial charge >= 0.3 is 0 Å². The fourth-order valence-corrected chi connectivity index (χ4v) is 2.41. The molecule has 1 heterocycles. The predicted octanol–water partition coefficient (Wildman–Crippen LogP) is 0.572. The predicted molar refractivity (Wildman–Crippen MR) is 66.1 cm³/mol. The Balaban J connectivity index is 2.43. The van der Waals surface area contributed by atoms with Crippen LogP contribution < -0.4 is 11.1 Å². The van der Waals surface area contributed by atoms with Crippen molar-refractivity contribution >= 4 is 5.91 Å². The molecule has 0 bridgehead atoms. The average Bonchev–Trinajstić information content (AvgIpc) is 2.29. The summed E-state index contributed by atoms with van der Waals surface area (Å²) in [6.45, 7) is 7.49. The molecule has 1 fully saturated rings. The van der Waals surface area contributed by atoms with Crippen molar-refractivity contribution in [3.8, 4) is 0 Å². The van der Waals surface area contributed by atoms with Crippen LogP contribution in [0.2, 0.25) is 0 Å². The van der Waals surface area contributed by atoms with Crippen LogP contribution in [0.5, 0.6) is 0 Å². The van der Waals surface area contributed by atoms with E-state index >= 15 is 0 Å². The van der Waals surface area contributed by atoms with Crippen molar-refractivity contribution in [2.24, 2.45) is 11.7 Å². The van der Waals surface area contributed by atoms with E-state index in [1.807, 2.05) is 13.8 Å². The minimum Gasteiger partial charge on any atom is -0.355 e. The molecular weight excluding hydrogens is 202 g/mol. The molecule has 1 saturated heterocycles. The number of rotatable bonds is 5. The number of likely N-dealkylation sites (tertiary alicyclic amines) is 1. The highest BCUT2D eigenvalue weighted by molar-refractivity contribution is 5.81. The van der Waals surface area contributed by atoms with Crippen LogP contribution in [-0.4, -0.2) is 43.0 Å². The van der Waals surface area contributed by atoms with Gasteiger partial charge < -0.3 is 11.1 Å². The van der Waals surface area contributed by atoms with Gasteiger partial charge in [-0.15, -0.1) is 0 Å². The maximum absolute atomic E-state index is 11.7. The summed E-state index contributed by atoms with van der Waals surface area (Å²) >= 11 is 0. The Hall–Kier alpha value is -0.610. The molecule has 1 rings (SSSR count). The Kier molecular flexibility index (Phi) is 5.77. The topological polar surface area (TPSA) is 58.4 Å². The molecule has 16 heavy (non-hydrogen) atoms. The van der Waals surface area contributed by atoms with Gasteiger partial charge in [-0.05, 0) is 52.1 Å². The van der Waals surface area contributed by atoms with Crippen LogP contribution in [-0.2, 0) is 4.79 Å². The van der Waals surface area contributed by atoms with Crippen molar-refractivity contribution in [2.75, 3.05) is 26.2 Å². The Morgan fingerprint density at radius 3 is 3.00 bits per heavy atom. The summed E-state index contributed by atoms with van der Waals surface area (Å²) in [4.78, 5) is 14.0. The van der Waals surface area contributed by atoms with Crippen molar-refractivity contribution in [3.05, 3.63) is 0 Å². The molecule has 2 atom stereocenters. The van der Waals surface area contributed by atoms with E-state index in [0.717, 1.165) is 26.1 Å². The normalized spacial score (nSPS) is 24.1. The van der Waals surface area contributed by atoms with Crippen LogP contribution in [0.1, 0.15) is 33.1 Å². The first-order valence-electron chi connectivity index (χ1n) is 6.40. The van der Waals surface area contributed by atoms with Gasteiger partial charge in [-0.2, -0.15) is 0 Å². The van der Waals surface area contributed by atoms with E-state index in [1.54, 1.807) is 0 Å². The highest BCUT2D eigenvalue weighted by atomic mass is 16.2. The summed E-state index contributed by atoms with van der Waals surface area (Å²) < 4.78 is 0. The fourth-order valence-electron chi connectivity index (χ4n) is 2.41. The maximum atomic E-state index is 11.7. The van der Waals surface area contributed by atoms with Gasteiger partial charge in [-0.25, -0.2) is 0 Å². The molecule has 0 spiro atoms. The monoisotopic (exact) mass is 227 g/mol. The van der Waals surface area contributed by atoms with Crippen molar-refractivity contribution in [1.82, 2.24) is 10.2 Å². The third kappa shape index (κ3) is 3.76. The molecule has 0 saturated carbocycles. The highest BCUT2D eigenvalue weighted by Gasteiger charge is 2.26. The van der Waals surface area contributed by atoms with Crippen LogP contribution >= 0.6 is 0 Å². The van der Waals surface area contributed by atoms with Crippen molar-refractivity contribution in [1.29, 1.82) is 0 Å². The summed E-state index contributed by atoms with van der Waals surface area (Å²) in [6.07, 6.45) is 3.53. The zero-order chi connectivity index (χ0) is 12.0. The second-order valence-electron chi connectivity index (χ2n) is 4.65. The van der Waals surface area contributed by atoms with Gasteiger partial charge in [0.2, 0.25) is 5.91 Å². The van der Waals surface area contributed by atoms with E-state index < -0.39 is 0 Å². The standard InChI is InChI=1S/C12H25N3O/c1-3-14-12(16)10(2)15-8-4-5-11(9-15)6-7-13/h10-11H,3-9,13H2,1-2H3,(H,14,16). The van der Waals surface area contributed by atoms with Crippen molar-refractivity contribution in [3.63, 3.8) is 0 Å². The molecule has 1 aliphatic rings. The molecule has 94 valence electrons.